The molecule has 2 fully saturated rings. The number of rotatable bonds is 4. The molecule has 1 atom stereocenters. The lowest BCUT2D eigenvalue weighted by atomic mass is 10.0. The molecule has 2 N–H and O–H groups in total. The molecule has 0 spiro atoms. The molecule has 7 nitrogen and oxygen atoms in total. The second kappa shape index (κ2) is 8.02. The standard InChI is InChI=1S/C16H26N6OS/c1-2-17-14(20-12-16(23)4-11-24-13-16)21-7-9-22(10-8-21)15-18-5-3-6-19-15/h3,5-6,23H,2,4,7-13H2,1H3,(H,17,20). The summed E-state index contributed by atoms with van der Waals surface area (Å²) in [4.78, 5) is 17.8. The third-order valence-electron chi connectivity index (χ3n) is 4.35. The maximum Gasteiger partial charge on any atom is 0.225 e. The van der Waals surface area contributed by atoms with E-state index in [4.69, 9.17) is 4.99 Å². The molecule has 132 valence electrons. The Hall–Kier alpha value is -1.54. The lowest BCUT2D eigenvalue weighted by Crippen LogP contribution is -2.53. The Morgan fingerprint density at radius 3 is 2.71 bits per heavy atom. The van der Waals surface area contributed by atoms with Crippen LogP contribution < -0.4 is 10.2 Å². The van der Waals surface area contributed by atoms with E-state index in [9.17, 15) is 5.11 Å². The molecule has 0 saturated carbocycles. The molecule has 8 heteroatoms. The van der Waals surface area contributed by atoms with Gasteiger partial charge in [-0.1, -0.05) is 0 Å². The van der Waals surface area contributed by atoms with E-state index in [1.807, 2.05) is 6.07 Å². The largest absolute Gasteiger partial charge is 0.387 e. The minimum Gasteiger partial charge on any atom is -0.387 e. The number of aromatic nitrogens is 2. The first-order valence-corrected chi connectivity index (χ1v) is 9.71. The molecule has 1 unspecified atom stereocenters. The van der Waals surface area contributed by atoms with Crippen LogP contribution in [0.15, 0.2) is 23.5 Å². The third kappa shape index (κ3) is 4.30. The molecule has 0 amide bonds. The van der Waals surface area contributed by atoms with Crippen LogP contribution in [-0.4, -0.2) is 82.3 Å². The van der Waals surface area contributed by atoms with Gasteiger partial charge in [-0.2, -0.15) is 11.8 Å². The molecule has 3 heterocycles. The zero-order valence-corrected chi connectivity index (χ0v) is 15.0. The van der Waals surface area contributed by atoms with Crippen molar-refractivity contribution >= 4 is 23.7 Å². The number of nitrogens with one attached hydrogen (secondary N) is 1. The van der Waals surface area contributed by atoms with Gasteiger partial charge in [-0.25, -0.2) is 9.97 Å². The van der Waals surface area contributed by atoms with Gasteiger partial charge in [0.05, 0.1) is 12.1 Å². The minimum absolute atomic E-state index is 0.477. The number of anilines is 1. The van der Waals surface area contributed by atoms with Crippen LogP contribution in [-0.2, 0) is 0 Å². The molecule has 0 radical (unpaired) electrons. The van der Waals surface area contributed by atoms with Crippen molar-refractivity contribution in [1.29, 1.82) is 0 Å². The van der Waals surface area contributed by atoms with Gasteiger partial charge in [0.2, 0.25) is 5.95 Å². The average Bonchev–Trinajstić information content (AvgIpc) is 3.06. The van der Waals surface area contributed by atoms with Crippen LogP contribution in [0.5, 0.6) is 0 Å². The van der Waals surface area contributed by atoms with Gasteiger partial charge in [-0.15, -0.1) is 0 Å². The number of thioether (sulfide) groups is 1. The molecule has 0 aromatic carbocycles. The zero-order chi connectivity index (χ0) is 16.8. The lowest BCUT2D eigenvalue weighted by Gasteiger charge is -2.36. The van der Waals surface area contributed by atoms with Gasteiger partial charge in [0.1, 0.15) is 0 Å². The number of guanidine groups is 1. The zero-order valence-electron chi connectivity index (χ0n) is 14.2. The fraction of sp³-hybridized carbons (Fsp3) is 0.688. The summed E-state index contributed by atoms with van der Waals surface area (Å²) in [5.41, 5.74) is -0.634. The summed E-state index contributed by atoms with van der Waals surface area (Å²) in [5.74, 6) is 3.50. The van der Waals surface area contributed by atoms with Crippen molar-refractivity contribution in [2.24, 2.45) is 4.99 Å². The number of hydrogen-bond acceptors (Lipinski definition) is 6. The average molecular weight is 350 g/mol. The second-order valence-corrected chi connectivity index (χ2v) is 7.33. The quantitative estimate of drug-likeness (QED) is 0.602. The van der Waals surface area contributed by atoms with Crippen molar-refractivity contribution in [2.45, 2.75) is 18.9 Å². The van der Waals surface area contributed by atoms with Gasteiger partial charge in [0, 0.05) is 50.9 Å². The number of nitrogens with zero attached hydrogens (tertiary/aromatic N) is 5. The highest BCUT2D eigenvalue weighted by Crippen LogP contribution is 2.28. The Labute approximate surface area is 147 Å². The molecule has 1 aromatic heterocycles. The van der Waals surface area contributed by atoms with Crippen LogP contribution in [0.4, 0.5) is 5.95 Å². The van der Waals surface area contributed by atoms with E-state index in [-0.39, 0.29) is 0 Å². The molecule has 0 aliphatic carbocycles. The van der Waals surface area contributed by atoms with Crippen molar-refractivity contribution in [3.63, 3.8) is 0 Å². The van der Waals surface area contributed by atoms with E-state index in [0.717, 1.165) is 62.6 Å². The summed E-state index contributed by atoms with van der Waals surface area (Å²) >= 11 is 1.81. The van der Waals surface area contributed by atoms with Crippen molar-refractivity contribution in [3.05, 3.63) is 18.5 Å². The highest BCUT2D eigenvalue weighted by molar-refractivity contribution is 7.99. The lowest BCUT2D eigenvalue weighted by molar-refractivity contribution is 0.0775. The van der Waals surface area contributed by atoms with E-state index >= 15 is 0 Å². The van der Waals surface area contributed by atoms with E-state index < -0.39 is 5.60 Å². The Morgan fingerprint density at radius 2 is 2.08 bits per heavy atom. The first-order valence-electron chi connectivity index (χ1n) is 8.55. The SMILES string of the molecule is CCNC(=NCC1(O)CCSC1)N1CCN(c2ncccn2)CC1. The van der Waals surface area contributed by atoms with E-state index in [1.54, 1.807) is 24.2 Å². The fourth-order valence-electron chi connectivity index (χ4n) is 2.94. The predicted octanol–water partition coefficient (Wildman–Crippen LogP) is 0.432. The van der Waals surface area contributed by atoms with E-state index in [2.05, 4.69) is 32.0 Å². The van der Waals surface area contributed by atoms with Crippen molar-refractivity contribution < 1.29 is 5.11 Å². The predicted molar refractivity (Wildman–Crippen MR) is 98.7 cm³/mol. The third-order valence-corrected chi connectivity index (χ3v) is 5.59. The summed E-state index contributed by atoms with van der Waals surface area (Å²) in [5, 5.41) is 13.9. The van der Waals surface area contributed by atoms with Gasteiger partial charge >= 0.3 is 0 Å². The molecule has 24 heavy (non-hydrogen) atoms. The molecule has 0 bridgehead atoms. The molecule has 2 aliphatic rings. The van der Waals surface area contributed by atoms with Gasteiger partial charge in [0.15, 0.2) is 5.96 Å². The smallest absolute Gasteiger partial charge is 0.225 e. The topological polar surface area (TPSA) is 76.9 Å². The first kappa shape index (κ1) is 17.3. The van der Waals surface area contributed by atoms with Crippen LogP contribution in [0.1, 0.15) is 13.3 Å². The molecule has 3 rings (SSSR count). The number of aliphatic hydroxyl groups is 1. The highest BCUT2D eigenvalue weighted by atomic mass is 32.2. The molecule has 2 aliphatic heterocycles. The number of aliphatic imine (C=N–C) groups is 1. The maximum absolute atomic E-state index is 10.5. The number of piperazine rings is 1. The molecular weight excluding hydrogens is 324 g/mol. The maximum atomic E-state index is 10.5. The van der Waals surface area contributed by atoms with Gasteiger partial charge in [-0.3, -0.25) is 4.99 Å². The first-order chi connectivity index (χ1) is 11.7. The monoisotopic (exact) mass is 350 g/mol. The summed E-state index contributed by atoms with van der Waals surface area (Å²) in [6.07, 6.45) is 4.39. The Morgan fingerprint density at radius 1 is 1.33 bits per heavy atom. The van der Waals surface area contributed by atoms with Crippen LogP contribution in [0.25, 0.3) is 0 Å². The van der Waals surface area contributed by atoms with Gasteiger partial charge in [0.25, 0.3) is 0 Å². The Balaban J connectivity index is 1.59. The van der Waals surface area contributed by atoms with Crippen LogP contribution in [0.3, 0.4) is 0 Å². The normalized spacial score (nSPS) is 25.2. The minimum atomic E-state index is -0.634. The van der Waals surface area contributed by atoms with E-state index in [0.29, 0.717) is 6.54 Å². The van der Waals surface area contributed by atoms with Gasteiger partial charge < -0.3 is 20.2 Å². The van der Waals surface area contributed by atoms with Crippen LogP contribution in [0.2, 0.25) is 0 Å². The molecular formula is C16H26N6OS. The highest BCUT2D eigenvalue weighted by Gasteiger charge is 2.32. The Kier molecular flexibility index (Phi) is 5.78. The van der Waals surface area contributed by atoms with Crippen LogP contribution in [0, 0.1) is 0 Å². The van der Waals surface area contributed by atoms with E-state index in [1.165, 1.54) is 0 Å². The number of hydrogen-bond donors (Lipinski definition) is 2. The fourth-order valence-corrected chi connectivity index (χ4v) is 4.23. The summed E-state index contributed by atoms with van der Waals surface area (Å²) < 4.78 is 0. The van der Waals surface area contributed by atoms with Crippen molar-refractivity contribution in [3.8, 4) is 0 Å². The van der Waals surface area contributed by atoms with Crippen molar-refractivity contribution in [1.82, 2.24) is 20.2 Å². The summed E-state index contributed by atoms with van der Waals surface area (Å²) in [6, 6.07) is 1.84. The van der Waals surface area contributed by atoms with Crippen molar-refractivity contribution in [2.75, 3.05) is 55.7 Å². The van der Waals surface area contributed by atoms with Crippen LogP contribution >= 0.6 is 11.8 Å². The Bertz CT molecular complexity index is 541. The summed E-state index contributed by atoms with van der Waals surface area (Å²) in [6.45, 7) is 6.86. The molecule has 1 aromatic rings. The molecule has 2 saturated heterocycles. The second-order valence-electron chi connectivity index (χ2n) is 6.22. The summed E-state index contributed by atoms with van der Waals surface area (Å²) in [7, 11) is 0. The van der Waals surface area contributed by atoms with Gasteiger partial charge in [-0.05, 0) is 25.2 Å².